The van der Waals surface area contributed by atoms with Crippen LogP contribution in [0.1, 0.15) is 12.6 Å². The highest BCUT2D eigenvalue weighted by Crippen LogP contribution is 2.46. The molecule has 0 radical (unpaired) electrons. The van der Waals surface area contributed by atoms with Gasteiger partial charge in [-0.3, -0.25) is 9.36 Å². The van der Waals surface area contributed by atoms with Gasteiger partial charge in [0.25, 0.3) is 5.56 Å². The molecule has 8 nitrogen and oxygen atoms in total. The maximum Gasteiger partial charge on any atom is 0.422 e. The van der Waals surface area contributed by atoms with Gasteiger partial charge >= 0.3 is 6.18 Å². The van der Waals surface area contributed by atoms with E-state index in [-0.39, 0.29) is 11.2 Å². The molecule has 0 saturated carbocycles. The van der Waals surface area contributed by atoms with E-state index in [9.17, 15) is 23.1 Å². The van der Waals surface area contributed by atoms with Gasteiger partial charge in [-0.05, 0) is 0 Å². The number of aliphatic hydroxyl groups is 2. The van der Waals surface area contributed by atoms with Crippen molar-refractivity contribution >= 4 is 11.2 Å². The summed E-state index contributed by atoms with van der Waals surface area (Å²) in [6.45, 7) is -1.42. The summed E-state index contributed by atoms with van der Waals surface area (Å²) < 4.78 is 45.4. The van der Waals surface area contributed by atoms with Crippen molar-refractivity contribution in [2.45, 2.75) is 30.5 Å². The number of hydrogen-bond donors (Lipinski definition) is 3. The lowest BCUT2D eigenvalue weighted by molar-refractivity contribution is -0.305. The summed E-state index contributed by atoms with van der Waals surface area (Å²) in [5.74, 6) is 0. The number of aromatic nitrogens is 4. The van der Waals surface area contributed by atoms with Crippen molar-refractivity contribution in [3.05, 3.63) is 23.0 Å². The van der Waals surface area contributed by atoms with Crippen molar-refractivity contribution in [3.63, 3.8) is 0 Å². The number of imidazole rings is 1. The highest BCUT2D eigenvalue weighted by Gasteiger charge is 2.65. The van der Waals surface area contributed by atoms with Gasteiger partial charge in [-0.1, -0.05) is 0 Å². The minimum absolute atomic E-state index is 0.0249. The van der Waals surface area contributed by atoms with Gasteiger partial charge < -0.3 is 19.9 Å². The Balaban J connectivity index is 2.04. The summed E-state index contributed by atoms with van der Waals surface area (Å²) in [5, 5.41) is 18.8. The quantitative estimate of drug-likeness (QED) is 0.700. The van der Waals surface area contributed by atoms with Gasteiger partial charge in [-0.15, -0.1) is 0 Å². The summed E-state index contributed by atoms with van der Waals surface area (Å²) >= 11 is 0. The third-order valence-corrected chi connectivity index (χ3v) is 3.70. The summed E-state index contributed by atoms with van der Waals surface area (Å²) in [5.41, 5.74) is -3.66. The average Bonchev–Trinajstić information content (AvgIpc) is 3.00. The number of aliphatic hydroxyl groups excluding tert-OH is 2. The fourth-order valence-electron chi connectivity index (χ4n) is 2.48. The number of alkyl halides is 3. The van der Waals surface area contributed by atoms with Crippen molar-refractivity contribution in [1.29, 1.82) is 0 Å². The molecule has 0 bridgehead atoms. The number of nitrogens with zero attached hydrogens (tertiary/aromatic N) is 3. The Morgan fingerprint density at radius 1 is 1.50 bits per heavy atom. The SMILES string of the molecule is O=c1[nH]cnc2c1ncn2C1CC(O)C(CO)(C(F)(F)F)O1. The van der Waals surface area contributed by atoms with E-state index in [1.807, 2.05) is 0 Å². The van der Waals surface area contributed by atoms with Crippen LogP contribution in [0, 0.1) is 0 Å². The minimum Gasteiger partial charge on any atom is -0.393 e. The molecule has 2 aromatic heterocycles. The van der Waals surface area contributed by atoms with Crippen molar-refractivity contribution in [3.8, 4) is 0 Å². The third-order valence-electron chi connectivity index (χ3n) is 3.70. The molecule has 1 aliphatic rings. The predicted octanol–water partition coefficient (Wildman–Crippen LogP) is -0.307. The zero-order chi connectivity index (χ0) is 16.1. The molecule has 0 amide bonds. The number of fused-ring (bicyclic) bond motifs is 1. The molecule has 0 aromatic carbocycles. The van der Waals surface area contributed by atoms with Gasteiger partial charge in [0, 0.05) is 6.42 Å². The summed E-state index contributed by atoms with van der Waals surface area (Å²) in [7, 11) is 0. The van der Waals surface area contributed by atoms with E-state index < -0.39 is 42.7 Å². The maximum absolute atomic E-state index is 13.1. The molecule has 3 rings (SSSR count). The highest BCUT2D eigenvalue weighted by atomic mass is 19.4. The van der Waals surface area contributed by atoms with Crippen molar-refractivity contribution < 1.29 is 28.1 Å². The molecular formula is C11H11F3N4O4. The van der Waals surface area contributed by atoms with Gasteiger partial charge in [-0.2, -0.15) is 13.2 Å². The lowest BCUT2D eigenvalue weighted by Gasteiger charge is -2.32. The molecule has 2 aromatic rings. The first kappa shape index (κ1) is 14.9. The molecule has 3 atom stereocenters. The van der Waals surface area contributed by atoms with Crippen LogP contribution in [0.2, 0.25) is 0 Å². The van der Waals surface area contributed by atoms with E-state index in [1.165, 1.54) is 0 Å². The number of H-pyrrole nitrogens is 1. The van der Waals surface area contributed by atoms with Crippen LogP contribution in [-0.2, 0) is 4.74 Å². The van der Waals surface area contributed by atoms with E-state index >= 15 is 0 Å². The Hall–Kier alpha value is -1.98. The molecule has 3 N–H and O–H groups in total. The maximum atomic E-state index is 13.1. The van der Waals surface area contributed by atoms with Crippen LogP contribution in [0.15, 0.2) is 17.4 Å². The largest absolute Gasteiger partial charge is 0.422 e. The average molecular weight is 320 g/mol. The van der Waals surface area contributed by atoms with Crippen LogP contribution in [0.25, 0.3) is 11.2 Å². The fourth-order valence-corrected chi connectivity index (χ4v) is 2.48. The van der Waals surface area contributed by atoms with E-state index in [2.05, 4.69) is 15.0 Å². The molecule has 3 unspecified atom stereocenters. The molecule has 120 valence electrons. The van der Waals surface area contributed by atoms with Crippen LogP contribution in [0.3, 0.4) is 0 Å². The molecule has 1 aliphatic heterocycles. The summed E-state index contributed by atoms with van der Waals surface area (Å²) in [4.78, 5) is 21.4. The Labute approximate surface area is 120 Å². The van der Waals surface area contributed by atoms with Crippen molar-refractivity contribution in [1.82, 2.24) is 19.5 Å². The Kier molecular flexibility index (Phi) is 3.23. The predicted molar refractivity (Wildman–Crippen MR) is 64.8 cm³/mol. The van der Waals surface area contributed by atoms with Crippen molar-refractivity contribution in [2.75, 3.05) is 6.61 Å². The van der Waals surface area contributed by atoms with Crippen LogP contribution < -0.4 is 5.56 Å². The smallest absolute Gasteiger partial charge is 0.393 e. The standard InChI is InChI=1S/C11H11F3N4O4/c12-11(13,14)10(2-19)5(20)1-6(22-10)18-4-17-7-8(18)15-3-16-9(7)21/h3-6,19-20H,1-2H2,(H,15,16,21). The first-order valence-electron chi connectivity index (χ1n) is 6.24. The van der Waals surface area contributed by atoms with Crippen LogP contribution in [-0.4, -0.2) is 54.2 Å². The van der Waals surface area contributed by atoms with Gasteiger partial charge in [0.15, 0.2) is 11.2 Å². The monoisotopic (exact) mass is 320 g/mol. The summed E-state index contributed by atoms with van der Waals surface area (Å²) in [6, 6.07) is 0. The Bertz CT molecular complexity index is 758. The lowest BCUT2D eigenvalue weighted by atomic mass is 9.97. The highest BCUT2D eigenvalue weighted by molar-refractivity contribution is 5.68. The van der Waals surface area contributed by atoms with Gasteiger partial charge in [0.1, 0.15) is 6.23 Å². The normalized spacial score (nSPS) is 29.3. The fraction of sp³-hybridized carbons (Fsp3) is 0.545. The first-order valence-corrected chi connectivity index (χ1v) is 6.24. The Morgan fingerprint density at radius 3 is 2.82 bits per heavy atom. The second kappa shape index (κ2) is 4.76. The second-order valence-corrected chi connectivity index (χ2v) is 4.93. The van der Waals surface area contributed by atoms with E-state index in [0.717, 1.165) is 17.2 Å². The van der Waals surface area contributed by atoms with Crippen LogP contribution >= 0.6 is 0 Å². The second-order valence-electron chi connectivity index (χ2n) is 4.93. The lowest BCUT2D eigenvalue weighted by Crippen LogP contribution is -2.55. The molecule has 11 heteroatoms. The van der Waals surface area contributed by atoms with Crippen LogP contribution in [0.4, 0.5) is 13.2 Å². The first-order chi connectivity index (χ1) is 10.3. The van der Waals surface area contributed by atoms with E-state index in [0.29, 0.717) is 0 Å². The number of nitrogens with one attached hydrogen (secondary N) is 1. The number of halogens is 3. The topological polar surface area (TPSA) is 113 Å². The Morgan fingerprint density at radius 2 is 2.23 bits per heavy atom. The van der Waals surface area contributed by atoms with Gasteiger partial charge in [-0.25, -0.2) is 9.97 Å². The van der Waals surface area contributed by atoms with E-state index in [4.69, 9.17) is 9.84 Å². The number of hydrogen-bond acceptors (Lipinski definition) is 6. The van der Waals surface area contributed by atoms with Gasteiger partial charge in [0.2, 0.25) is 5.60 Å². The number of rotatable bonds is 2. The molecule has 1 fully saturated rings. The molecule has 3 heterocycles. The zero-order valence-corrected chi connectivity index (χ0v) is 10.9. The minimum atomic E-state index is -4.96. The van der Waals surface area contributed by atoms with Crippen molar-refractivity contribution in [2.24, 2.45) is 0 Å². The summed E-state index contributed by atoms with van der Waals surface area (Å²) in [6.07, 6.45) is -6.42. The van der Waals surface area contributed by atoms with E-state index in [1.54, 1.807) is 0 Å². The molecule has 0 aliphatic carbocycles. The van der Waals surface area contributed by atoms with Gasteiger partial charge in [0.05, 0.1) is 25.4 Å². The number of aromatic amines is 1. The molecule has 1 saturated heterocycles. The zero-order valence-electron chi connectivity index (χ0n) is 10.9. The molecule has 22 heavy (non-hydrogen) atoms. The van der Waals surface area contributed by atoms with Crippen LogP contribution in [0.5, 0.6) is 0 Å². The third kappa shape index (κ3) is 1.93. The number of ether oxygens (including phenoxy) is 1. The molecule has 0 spiro atoms. The molecular weight excluding hydrogens is 309 g/mol.